The molecule has 11 heteroatoms. The number of benzene rings is 4. The van der Waals surface area contributed by atoms with Crippen LogP contribution in [0.1, 0.15) is 16.7 Å². The lowest BCUT2D eigenvalue weighted by atomic mass is 9.95. The summed E-state index contributed by atoms with van der Waals surface area (Å²) in [4.78, 5) is 0.998. The first-order chi connectivity index (χ1) is 19.8. The summed E-state index contributed by atoms with van der Waals surface area (Å²) < 4.78 is 89.8. The lowest BCUT2D eigenvalue weighted by Crippen LogP contribution is -2.11. The summed E-state index contributed by atoms with van der Waals surface area (Å²) in [6.07, 6.45) is -2.02. The molecule has 0 heterocycles. The highest BCUT2D eigenvalue weighted by Gasteiger charge is 2.36. The summed E-state index contributed by atoms with van der Waals surface area (Å²) in [6.45, 7) is 1.83. The maximum atomic E-state index is 14.3. The number of aryl methyl sites for hydroxylation is 1. The molecule has 0 fully saturated rings. The molecular formula is C31H29F3O6S2. The Morgan fingerprint density at radius 1 is 0.810 bits per heavy atom. The van der Waals surface area contributed by atoms with Gasteiger partial charge in [-0.1, -0.05) is 48.0 Å². The topological polar surface area (TPSA) is 71.1 Å². The average Bonchev–Trinajstić information content (AvgIpc) is 2.95. The number of alkyl halides is 3. The van der Waals surface area contributed by atoms with Gasteiger partial charge in [0, 0.05) is 10.5 Å². The van der Waals surface area contributed by atoms with Crippen LogP contribution in [-0.2, 0) is 22.9 Å². The van der Waals surface area contributed by atoms with Crippen LogP contribution in [0.25, 0.3) is 22.3 Å². The van der Waals surface area contributed by atoms with Crippen LogP contribution >= 0.6 is 11.8 Å². The molecule has 0 N–H and O–H groups in total. The van der Waals surface area contributed by atoms with Crippen molar-refractivity contribution in [3.05, 3.63) is 89.5 Å². The van der Waals surface area contributed by atoms with Gasteiger partial charge in [-0.3, -0.25) is 0 Å². The van der Waals surface area contributed by atoms with Crippen LogP contribution in [-0.4, -0.2) is 35.1 Å². The highest BCUT2D eigenvalue weighted by Crippen LogP contribution is 2.52. The van der Waals surface area contributed by atoms with Gasteiger partial charge < -0.3 is 18.4 Å². The Bertz CT molecular complexity index is 1670. The van der Waals surface area contributed by atoms with E-state index in [1.807, 2.05) is 49.6 Å². The molecule has 0 atom stereocenters. The van der Waals surface area contributed by atoms with Gasteiger partial charge in [-0.05, 0) is 60.2 Å². The van der Waals surface area contributed by atoms with E-state index in [4.69, 9.17) is 18.4 Å². The van der Waals surface area contributed by atoms with Gasteiger partial charge in [0.25, 0.3) is 0 Å². The van der Waals surface area contributed by atoms with Crippen LogP contribution in [0.2, 0.25) is 0 Å². The molecule has 4 rings (SSSR count). The van der Waals surface area contributed by atoms with E-state index in [1.54, 1.807) is 30.0 Å². The Morgan fingerprint density at radius 2 is 1.45 bits per heavy atom. The molecule has 0 aliphatic rings. The fraction of sp³-hybridized carbons (Fsp3) is 0.226. The Hall–Kier alpha value is -3.83. The molecule has 6 nitrogen and oxygen atoms in total. The zero-order valence-electron chi connectivity index (χ0n) is 23.5. The van der Waals surface area contributed by atoms with Gasteiger partial charge >= 0.3 is 16.3 Å². The number of hydrogen-bond acceptors (Lipinski definition) is 7. The molecule has 4 aromatic carbocycles. The van der Waals surface area contributed by atoms with Crippen LogP contribution in [0.4, 0.5) is 13.2 Å². The van der Waals surface area contributed by atoms with Crippen molar-refractivity contribution in [1.29, 1.82) is 0 Å². The van der Waals surface area contributed by atoms with E-state index < -0.39 is 21.9 Å². The second kappa shape index (κ2) is 12.6. The number of methoxy groups -OCH3 is 2. The lowest BCUT2D eigenvalue weighted by Gasteiger charge is -2.22. The Kier molecular flexibility index (Phi) is 9.32. The number of ether oxygens (including phenoxy) is 3. The van der Waals surface area contributed by atoms with E-state index in [9.17, 15) is 21.6 Å². The zero-order valence-corrected chi connectivity index (χ0v) is 25.2. The van der Waals surface area contributed by atoms with Crippen LogP contribution in [0.15, 0.2) is 77.7 Å². The fourth-order valence-corrected chi connectivity index (χ4v) is 5.22. The highest BCUT2D eigenvalue weighted by atomic mass is 32.2. The normalized spacial score (nSPS) is 11.7. The minimum Gasteiger partial charge on any atom is -0.496 e. The van der Waals surface area contributed by atoms with E-state index in [2.05, 4.69) is 0 Å². The highest BCUT2D eigenvalue weighted by molar-refractivity contribution is 7.98. The third kappa shape index (κ3) is 7.14. The van der Waals surface area contributed by atoms with Crippen molar-refractivity contribution in [2.45, 2.75) is 24.6 Å². The van der Waals surface area contributed by atoms with E-state index in [0.29, 0.717) is 16.7 Å². The van der Waals surface area contributed by atoms with E-state index >= 15 is 0 Å². The molecule has 222 valence electrons. The number of thioether (sulfide) groups is 1. The van der Waals surface area contributed by atoms with Crippen molar-refractivity contribution >= 4 is 21.9 Å². The third-order valence-electron chi connectivity index (χ3n) is 6.35. The molecule has 0 bridgehead atoms. The first-order valence-corrected chi connectivity index (χ1v) is 15.6. The Labute approximate surface area is 247 Å². The summed E-state index contributed by atoms with van der Waals surface area (Å²) in [5.41, 5.74) is 1.72. The predicted octanol–water partition coefficient (Wildman–Crippen LogP) is 8.00. The van der Waals surface area contributed by atoms with Crippen molar-refractivity contribution < 1.29 is 40.0 Å². The quantitative estimate of drug-likeness (QED) is 0.132. The average molecular weight is 619 g/mol. The van der Waals surface area contributed by atoms with E-state index in [1.165, 1.54) is 26.4 Å². The molecule has 0 radical (unpaired) electrons. The van der Waals surface area contributed by atoms with Gasteiger partial charge in [-0.15, -0.1) is 11.8 Å². The molecule has 0 saturated heterocycles. The van der Waals surface area contributed by atoms with Gasteiger partial charge in [0.1, 0.15) is 18.1 Å². The van der Waals surface area contributed by atoms with Crippen molar-refractivity contribution in [2.24, 2.45) is 0 Å². The molecule has 0 aliphatic carbocycles. The Balaban J connectivity index is 1.91. The second-order valence-electron chi connectivity index (χ2n) is 9.36. The van der Waals surface area contributed by atoms with Gasteiger partial charge in [0.2, 0.25) is 0 Å². The van der Waals surface area contributed by atoms with Crippen LogP contribution < -0.4 is 18.4 Å². The molecule has 0 saturated carbocycles. The van der Waals surface area contributed by atoms with Gasteiger partial charge in [0.05, 0.1) is 31.6 Å². The predicted molar refractivity (Wildman–Crippen MR) is 158 cm³/mol. The molecule has 0 aliphatic heterocycles. The van der Waals surface area contributed by atoms with Crippen LogP contribution in [0.3, 0.4) is 0 Å². The molecule has 0 amide bonds. The SMILES string of the molecule is COc1cc(-c2ccc(SC)cc2)c(OC)c(OS(C)(=O)=O)c1-c1ccc(OCc2ccc(C)cc2)c(C(F)(F)F)c1. The maximum absolute atomic E-state index is 14.3. The minimum absolute atomic E-state index is 0.0110. The van der Waals surface area contributed by atoms with Crippen molar-refractivity contribution in [1.82, 2.24) is 0 Å². The van der Waals surface area contributed by atoms with E-state index in [-0.39, 0.29) is 40.7 Å². The van der Waals surface area contributed by atoms with E-state index in [0.717, 1.165) is 22.8 Å². The molecule has 0 spiro atoms. The van der Waals surface area contributed by atoms with Crippen LogP contribution in [0, 0.1) is 6.92 Å². The number of halogens is 3. The first kappa shape index (κ1) is 31.1. The van der Waals surface area contributed by atoms with Crippen molar-refractivity contribution in [3.63, 3.8) is 0 Å². The molecular weight excluding hydrogens is 589 g/mol. The summed E-state index contributed by atoms with van der Waals surface area (Å²) in [7, 11) is -1.49. The maximum Gasteiger partial charge on any atom is 0.419 e. The van der Waals surface area contributed by atoms with Crippen molar-refractivity contribution in [2.75, 3.05) is 26.7 Å². The van der Waals surface area contributed by atoms with Gasteiger partial charge in [0.15, 0.2) is 11.5 Å². The summed E-state index contributed by atoms with van der Waals surface area (Å²) >= 11 is 1.55. The smallest absolute Gasteiger partial charge is 0.419 e. The second-order valence-corrected chi connectivity index (χ2v) is 11.8. The fourth-order valence-electron chi connectivity index (χ4n) is 4.35. The summed E-state index contributed by atoms with van der Waals surface area (Å²) in [5.74, 6) is -0.584. The largest absolute Gasteiger partial charge is 0.496 e. The Morgan fingerprint density at radius 3 is 2.00 bits per heavy atom. The molecule has 0 unspecified atom stereocenters. The number of rotatable bonds is 10. The molecule has 0 aromatic heterocycles. The monoisotopic (exact) mass is 618 g/mol. The third-order valence-corrected chi connectivity index (χ3v) is 7.56. The molecule has 42 heavy (non-hydrogen) atoms. The summed E-state index contributed by atoms with van der Waals surface area (Å²) in [6, 6.07) is 19.7. The number of hydrogen-bond donors (Lipinski definition) is 0. The van der Waals surface area contributed by atoms with Gasteiger partial charge in [-0.25, -0.2) is 0 Å². The molecule has 4 aromatic rings. The van der Waals surface area contributed by atoms with Crippen LogP contribution in [0.5, 0.6) is 23.0 Å². The van der Waals surface area contributed by atoms with Gasteiger partial charge in [-0.2, -0.15) is 21.6 Å². The minimum atomic E-state index is -4.78. The lowest BCUT2D eigenvalue weighted by molar-refractivity contribution is -0.139. The standard InChI is InChI=1S/C31H29F3O6S2/c1-19-6-8-20(9-7-19)18-39-26-15-12-22(16-25(26)31(32,33)34)28-27(37-2)17-24(21-10-13-23(41-4)14-11-21)29(38-3)30(28)40-42(5,35)36/h6-17H,18H2,1-5H3. The summed E-state index contributed by atoms with van der Waals surface area (Å²) in [5, 5.41) is 0. The zero-order chi connectivity index (χ0) is 30.7. The first-order valence-electron chi connectivity index (χ1n) is 12.6. The van der Waals surface area contributed by atoms with Crippen molar-refractivity contribution in [3.8, 4) is 45.3 Å².